The molecular formula is C27H24N2O7. The Bertz CT molecular complexity index is 1330. The van der Waals surface area contributed by atoms with Gasteiger partial charge >= 0.3 is 17.9 Å². The van der Waals surface area contributed by atoms with Crippen molar-refractivity contribution in [2.75, 3.05) is 37.8 Å². The lowest BCUT2D eigenvalue weighted by Gasteiger charge is -2.33. The number of nitrogens with one attached hydrogen (secondary N) is 1. The lowest BCUT2D eigenvalue weighted by Crippen LogP contribution is -2.39. The number of hydrogen-bond acceptors (Lipinski definition) is 8. The van der Waals surface area contributed by atoms with Gasteiger partial charge in [-0.05, 0) is 23.8 Å². The molecule has 0 saturated carbocycles. The van der Waals surface area contributed by atoms with E-state index >= 15 is 0 Å². The molecule has 3 aromatic carbocycles. The Hall–Kier alpha value is -4.63. The Labute approximate surface area is 207 Å². The zero-order valence-electron chi connectivity index (χ0n) is 19.7. The van der Waals surface area contributed by atoms with Gasteiger partial charge in [-0.3, -0.25) is 0 Å². The predicted octanol–water partition coefficient (Wildman–Crippen LogP) is 4.19. The number of carbonyl (C=O) groups is 3. The van der Waals surface area contributed by atoms with E-state index in [-0.39, 0.29) is 35.9 Å². The molecule has 0 aliphatic carbocycles. The first-order valence-electron chi connectivity index (χ1n) is 11.0. The maximum absolute atomic E-state index is 12.8. The van der Waals surface area contributed by atoms with Crippen LogP contribution in [0.1, 0.15) is 10.4 Å². The number of carbonyl (C=O) groups excluding carboxylic acids is 2. The zero-order chi connectivity index (χ0) is 25.7. The van der Waals surface area contributed by atoms with E-state index in [0.29, 0.717) is 11.4 Å². The smallest absolute Gasteiger partial charge is 0.355 e. The first-order chi connectivity index (χ1) is 17.5. The van der Waals surface area contributed by atoms with Crippen LogP contribution in [-0.4, -0.2) is 50.6 Å². The molecule has 0 aromatic heterocycles. The van der Waals surface area contributed by atoms with Crippen LogP contribution >= 0.6 is 0 Å². The van der Waals surface area contributed by atoms with Crippen molar-refractivity contribution in [1.29, 1.82) is 0 Å². The Kier molecular flexibility index (Phi) is 7.31. The van der Waals surface area contributed by atoms with Crippen molar-refractivity contribution >= 4 is 35.0 Å². The van der Waals surface area contributed by atoms with E-state index in [4.69, 9.17) is 14.2 Å². The largest absolute Gasteiger partial charge is 0.478 e. The van der Waals surface area contributed by atoms with E-state index in [1.807, 2.05) is 54.6 Å². The molecule has 0 spiro atoms. The van der Waals surface area contributed by atoms with E-state index < -0.39 is 17.9 Å². The fourth-order valence-corrected chi connectivity index (χ4v) is 4.00. The lowest BCUT2D eigenvalue weighted by atomic mass is 10.0. The molecule has 9 nitrogen and oxygen atoms in total. The average Bonchev–Trinajstić information content (AvgIpc) is 2.92. The number of esters is 2. The number of hydrogen-bond donors (Lipinski definition) is 2. The van der Waals surface area contributed by atoms with E-state index in [2.05, 4.69) is 5.32 Å². The second-order valence-electron chi connectivity index (χ2n) is 7.76. The van der Waals surface area contributed by atoms with Crippen molar-refractivity contribution in [1.82, 2.24) is 0 Å². The maximum Gasteiger partial charge on any atom is 0.355 e. The summed E-state index contributed by atoms with van der Waals surface area (Å²) < 4.78 is 15.4. The second kappa shape index (κ2) is 10.7. The maximum atomic E-state index is 12.8. The van der Waals surface area contributed by atoms with Crippen LogP contribution in [0.15, 0.2) is 84.1 Å². The normalized spacial score (nSPS) is 13.2. The van der Waals surface area contributed by atoms with Gasteiger partial charge in [-0.1, -0.05) is 54.6 Å². The Morgan fingerprint density at radius 1 is 0.889 bits per heavy atom. The molecule has 0 unspecified atom stereocenters. The van der Waals surface area contributed by atoms with Crippen LogP contribution in [0, 0.1) is 0 Å². The van der Waals surface area contributed by atoms with Crippen LogP contribution in [0.25, 0.3) is 11.1 Å². The highest BCUT2D eigenvalue weighted by Crippen LogP contribution is 2.39. The summed E-state index contributed by atoms with van der Waals surface area (Å²) in [6, 6.07) is 21.7. The highest BCUT2D eigenvalue weighted by Gasteiger charge is 2.34. The monoisotopic (exact) mass is 488 g/mol. The molecule has 2 N–H and O–H groups in total. The number of nitrogens with zero attached hydrogens (tertiary/aromatic N) is 1. The number of rotatable bonds is 7. The Morgan fingerprint density at radius 2 is 1.58 bits per heavy atom. The van der Waals surface area contributed by atoms with Gasteiger partial charge in [-0.15, -0.1) is 0 Å². The molecule has 184 valence electrons. The van der Waals surface area contributed by atoms with Crippen LogP contribution in [0.3, 0.4) is 0 Å². The van der Waals surface area contributed by atoms with E-state index in [0.717, 1.165) is 11.1 Å². The van der Waals surface area contributed by atoms with Crippen molar-refractivity contribution in [2.45, 2.75) is 0 Å². The summed E-state index contributed by atoms with van der Waals surface area (Å²) in [4.78, 5) is 38.8. The summed E-state index contributed by atoms with van der Waals surface area (Å²) in [5.41, 5.74) is 2.78. The third kappa shape index (κ3) is 4.77. The van der Waals surface area contributed by atoms with Crippen molar-refractivity contribution in [3.63, 3.8) is 0 Å². The molecule has 0 bridgehead atoms. The van der Waals surface area contributed by atoms with Gasteiger partial charge in [0.05, 0.1) is 43.3 Å². The van der Waals surface area contributed by atoms with E-state index in [1.165, 1.54) is 25.2 Å². The van der Waals surface area contributed by atoms with E-state index in [1.54, 1.807) is 12.1 Å². The highest BCUT2D eigenvalue weighted by atomic mass is 16.5. The SMILES string of the molecule is COC(=O)C1=C(C(=O)OC)N(c2cccc(C(=O)O)c2Nc2ccccc2-c2ccccc2)COC1. The second-order valence-corrected chi connectivity index (χ2v) is 7.76. The van der Waals surface area contributed by atoms with Crippen molar-refractivity contribution in [3.8, 4) is 11.1 Å². The molecular weight excluding hydrogens is 464 g/mol. The predicted molar refractivity (Wildman–Crippen MR) is 133 cm³/mol. The van der Waals surface area contributed by atoms with Gasteiger partial charge in [-0.2, -0.15) is 0 Å². The molecule has 1 aliphatic heterocycles. The average molecular weight is 488 g/mol. The summed E-state index contributed by atoms with van der Waals surface area (Å²) in [5, 5.41) is 13.2. The molecule has 0 radical (unpaired) electrons. The highest BCUT2D eigenvalue weighted by molar-refractivity contribution is 6.06. The lowest BCUT2D eigenvalue weighted by molar-refractivity contribution is -0.140. The quantitative estimate of drug-likeness (QED) is 0.473. The van der Waals surface area contributed by atoms with E-state index in [9.17, 15) is 19.5 Å². The number of para-hydroxylation sites is 2. The molecule has 0 atom stereocenters. The molecule has 0 amide bonds. The van der Waals surface area contributed by atoms with Crippen LogP contribution in [0.4, 0.5) is 17.1 Å². The van der Waals surface area contributed by atoms with Gasteiger partial charge in [0, 0.05) is 11.3 Å². The van der Waals surface area contributed by atoms with Gasteiger partial charge in [0.15, 0.2) is 0 Å². The fraction of sp³-hybridized carbons (Fsp3) is 0.148. The number of carboxylic acids is 1. The minimum absolute atomic E-state index is 0.0352. The van der Waals surface area contributed by atoms with Gasteiger partial charge in [0.1, 0.15) is 12.4 Å². The summed E-state index contributed by atoms with van der Waals surface area (Å²) in [6.45, 7) is -0.283. The topological polar surface area (TPSA) is 114 Å². The molecule has 0 saturated heterocycles. The third-order valence-electron chi connectivity index (χ3n) is 5.67. The number of aromatic carboxylic acids is 1. The number of ether oxygens (including phenoxy) is 3. The molecule has 1 aliphatic rings. The zero-order valence-corrected chi connectivity index (χ0v) is 19.7. The van der Waals surface area contributed by atoms with Crippen LogP contribution in [0.5, 0.6) is 0 Å². The standard InChI is InChI=1S/C27H24N2O7/c1-34-26(32)20-15-36-16-29(24(20)27(33)35-2)22-14-8-12-19(25(30)31)23(22)28-21-13-7-6-11-18(21)17-9-4-3-5-10-17/h3-14,28H,15-16H2,1-2H3,(H,30,31). The summed E-state index contributed by atoms with van der Waals surface area (Å²) in [6.07, 6.45) is 0. The molecule has 36 heavy (non-hydrogen) atoms. The molecule has 9 heteroatoms. The molecule has 3 aromatic rings. The Balaban J connectivity index is 1.90. The fourth-order valence-electron chi connectivity index (χ4n) is 4.00. The number of methoxy groups -OCH3 is 2. The molecule has 1 heterocycles. The first-order valence-corrected chi connectivity index (χ1v) is 11.0. The summed E-state index contributed by atoms with van der Waals surface area (Å²) in [7, 11) is 2.39. The number of carboxylic acid groups (broad SMARTS) is 1. The summed E-state index contributed by atoms with van der Waals surface area (Å²) in [5.74, 6) is -2.71. The van der Waals surface area contributed by atoms with Crippen LogP contribution in [-0.2, 0) is 23.8 Å². The van der Waals surface area contributed by atoms with Gasteiger partial charge in [0.25, 0.3) is 0 Å². The Morgan fingerprint density at radius 3 is 2.28 bits per heavy atom. The molecule has 0 fully saturated rings. The number of anilines is 3. The van der Waals surface area contributed by atoms with Crippen molar-refractivity contribution in [2.24, 2.45) is 0 Å². The third-order valence-corrected chi connectivity index (χ3v) is 5.67. The summed E-state index contributed by atoms with van der Waals surface area (Å²) >= 11 is 0. The van der Waals surface area contributed by atoms with Crippen LogP contribution in [0.2, 0.25) is 0 Å². The van der Waals surface area contributed by atoms with Crippen molar-refractivity contribution < 1.29 is 33.7 Å². The molecule has 4 rings (SSSR count). The number of benzene rings is 3. The minimum atomic E-state index is -1.17. The van der Waals surface area contributed by atoms with Gasteiger partial charge in [-0.25, -0.2) is 14.4 Å². The minimum Gasteiger partial charge on any atom is -0.478 e. The van der Waals surface area contributed by atoms with Gasteiger partial charge < -0.3 is 29.5 Å². The first kappa shape index (κ1) is 24.5. The van der Waals surface area contributed by atoms with Gasteiger partial charge in [0.2, 0.25) is 0 Å². The van der Waals surface area contributed by atoms with Crippen LogP contribution < -0.4 is 10.2 Å². The van der Waals surface area contributed by atoms with Crippen molar-refractivity contribution in [3.05, 3.63) is 89.6 Å².